The number of esters is 1. The fourth-order valence-electron chi connectivity index (χ4n) is 1.27. The van der Waals surface area contributed by atoms with Crippen LogP contribution in [0, 0.1) is 5.82 Å². The molecule has 0 aromatic heterocycles. The van der Waals surface area contributed by atoms with Gasteiger partial charge >= 0.3 is 12.0 Å². The number of benzene rings is 1. The molecule has 1 atom stereocenters. The van der Waals surface area contributed by atoms with Crippen molar-refractivity contribution in [2.45, 2.75) is 19.5 Å². The van der Waals surface area contributed by atoms with Crippen LogP contribution in [0.25, 0.3) is 0 Å². The third-order valence-electron chi connectivity index (χ3n) is 2.27. The Morgan fingerprint density at radius 2 is 1.94 bits per heavy atom. The van der Waals surface area contributed by atoms with Crippen LogP contribution in [0.2, 0.25) is 0 Å². The van der Waals surface area contributed by atoms with Gasteiger partial charge in [-0.15, -0.1) is 0 Å². The SMILES string of the molecule is COC(=O)[C@H](C)NC(=O)NCc1ccc(F)cc1. The van der Waals surface area contributed by atoms with Crippen molar-refractivity contribution in [3.63, 3.8) is 0 Å². The molecule has 0 radical (unpaired) electrons. The minimum atomic E-state index is -0.719. The normalized spacial score (nSPS) is 11.5. The van der Waals surface area contributed by atoms with E-state index in [2.05, 4.69) is 15.4 Å². The maximum absolute atomic E-state index is 12.6. The number of halogens is 1. The zero-order chi connectivity index (χ0) is 13.5. The van der Waals surface area contributed by atoms with E-state index in [4.69, 9.17) is 0 Å². The summed E-state index contributed by atoms with van der Waals surface area (Å²) in [4.78, 5) is 22.5. The van der Waals surface area contributed by atoms with Gasteiger partial charge in [0.15, 0.2) is 0 Å². The minimum absolute atomic E-state index is 0.250. The van der Waals surface area contributed by atoms with Crippen LogP contribution < -0.4 is 10.6 Å². The van der Waals surface area contributed by atoms with Gasteiger partial charge in [-0.25, -0.2) is 14.0 Å². The van der Waals surface area contributed by atoms with E-state index in [-0.39, 0.29) is 12.4 Å². The summed E-state index contributed by atoms with van der Waals surface area (Å²) in [5.74, 6) is -0.852. The molecule has 0 saturated heterocycles. The van der Waals surface area contributed by atoms with E-state index in [1.165, 1.54) is 26.2 Å². The standard InChI is InChI=1S/C12H15FN2O3/c1-8(11(16)18-2)15-12(17)14-7-9-3-5-10(13)6-4-9/h3-6,8H,7H2,1-2H3,(H2,14,15,17)/t8-/m0/s1. The molecule has 1 aromatic rings. The van der Waals surface area contributed by atoms with Crippen molar-refractivity contribution < 1.29 is 18.7 Å². The summed E-state index contributed by atoms with van der Waals surface area (Å²) >= 11 is 0. The predicted molar refractivity (Wildman–Crippen MR) is 63.2 cm³/mol. The molecule has 2 amide bonds. The van der Waals surface area contributed by atoms with Crippen LogP contribution in [0.15, 0.2) is 24.3 Å². The van der Waals surface area contributed by atoms with Crippen molar-refractivity contribution in [3.8, 4) is 0 Å². The van der Waals surface area contributed by atoms with E-state index in [1.54, 1.807) is 12.1 Å². The molecule has 6 heteroatoms. The molecule has 5 nitrogen and oxygen atoms in total. The average molecular weight is 254 g/mol. The van der Waals surface area contributed by atoms with E-state index in [9.17, 15) is 14.0 Å². The molecule has 0 fully saturated rings. The average Bonchev–Trinajstić information content (AvgIpc) is 2.37. The van der Waals surface area contributed by atoms with Crippen LogP contribution in [-0.2, 0) is 16.1 Å². The van der Waals surface area contributed by atoms with Gasteiger partial charge in [0, 0.05) is 6.54 Å². The fourth-order valence-corrected chi connectivity index (χ4v) is 1.27. The molecule has 1 aromatic carbocycles. The summed E-state index contributed by atoms with van der Waals surface area (Å²) in [5, 5.41) is 4.96. The van der Waals surface area contributed by atoms with Gasteiger partial charge in [-0.2, -0.15) is 0 Å². The maximum atomic E-state index is 12.6. The Kier molecular flexibility index (Phi) is 5.10. The van der Waals surface area contributed by atoms with Gasteiger partial charge in [-0.05, 0) is 24.6 Å². The van der Waals surface area contributed by atoms with Gasteiger partial charge in [0.25, 0.3) is 0 Å². The predicted octanol–water partition coefficient (Wildman–Crippen LogP) is 1.19. The lowest BCUT2D eigenvalue weighted by Crippen LogP contribution is -2.44. The van der Waals surface area contributed by atoms with Gasteiger partial charge in [0.05, 0.1) is 7.11 Å². The third-order valence-corrected chi connectivity index (χ3v) is 2.27. The molecule has 0 aliphatic heterocycles. The molecule has 0 bridgehead atoms. The molecule has 0 spiro atoms. The van der Waals surface area contributed by atoms with Crippen molar-refractivity contribution >= 4 is 12.0 Å². The van der Waals surface area contributed by atoms with Crippen LogP contribution in [0.1, 0.15) is 12.5 Å². The van der Waals surface area contributed by atoms with Crippen molar-refractivity contribution in [1.82, 2.24) is 10.6 Å². The molecular formula is C12H15FN2O3. The van der Waals surface area contributed by atoms with Gasteiger partial charge in [0.1, 0.15) is 11.9 Å². The van der Waals surface area contributed by atoms with Crippen molar-refractivity contribution in [2.75, 3.05) is 7.11 Å². The van der Waals surface area contributed by atoms with E-state index in [0.717, 1.165) is 5.56 Å². The molecule has 0 aliphatic carbocycles. The zero-order valence-corrected chi connectivity index (χ0v) is 10.2. The summed E-state index contributed by atoms with van der Waals surface area (Å²) in [6, 6.07) is 4.55. The lowest BCUT2D eigenvalue weighted by Gasteiger charge is -2.12. The first-order valence-corrected chi connectivity index (χ1v) is 5.39. The number of carbonyl (C=O) groups excluding carboxylic acids is 2. The van der Waals surface area contributed by atoms with Crippen LogP contribution in [0.4, 0.5) is 9.18 Å². The highest BCUT2D eigenvalue weighted by atomic mass is 19.1. The van der Waals surface area contributed by atoms with Crippen LogP contribution in [-0.4, -0.2) is 25.2 Å². The highest BCUT2D eigenvalue weighted by Crippen LogP contribution is 2.01. The number of urea groups is 1. The molecule has 0 saturated carbocycles. The number of nitrogens with one attached hydrogen (secondary N) is 2. The highest BCUT2D eigenvalue weighted by molar-refractivity contribution is 5.83. The minimum Gasteiger partial charge on any atom is -0.467 e. The number of methoxy groups -OCH3 is 1. The molecule has 2 N–H and O–H groups in total. The van der Waals surface area contributed by atoms with Gasteiger partial charge in [-0.1, -0.05) is 12.1 Å². The first kappa shape index (κ1) is 14.0. The molecule has 0 heterocycles. The van der Waals surface area contributed by atoms with Gasteiger partial charge in [-0.3, -0.25) is 0 Å². The summed E-state index contributed by atoms with van der Waals surface area (Å²) in [6.07, 6.45) is 0. The number of rotatable bonds is 4. The smallest absolute Gasteiger partial charge is 0.328 e. The van der Waals surface area contributed by atoms with Gasteiger partial charge in [0.2, 0.25) is 0 Å². The molecule has 1 rings (SSSR count). The summed E-state index contributed by atoms with van der Waals surface area (Å²) in [5.41, 5.74) is 0.761. The molecule has 0 unspecified atom stereocenters. The van der Waals surface area contributed by atoms with Crippen molar-refractivity contribution in [3.05, 3.63) is 35.6 Å². The lowest BCUT2D eigenvalue weighted by atomic mass is 10.2. The molecular weight excluding hydrogens is 239 g/mol. The molecule has 0 aliphatic rings. The second kappa shape index (κ2) is 6.58. The Balaban J connectivity index is 2.37. The highest BCUT2D eigenvalue weighted by Gasteiger charge is 2.15. The Labute approximate surface area is 104 Å². The fraction of sp³-hybridized carbons (Fsp3) is 0.333. The van der Waals surface area contributed by atoms with Crippen LogP contribution in [0.5, 0.6) is 0 Å². The van der Waals surface area contributed by atoms with Crippen LogP contribution in [0.3, 0.4) is 0 Å². The Morgan fingerprint density at radius 1 is 1.33 bits per heavy atom. The first-order chi connectivity index (χ1) is 8.52. The topological polar surface area (TPSA) is 67.4 Å². The first-order valence-electron chi connectivity index (χ1n) is 5.39. The Morgan fingerprint density at radius 3 is 2.50 bits per heavy atom. The number of hydrogen-bond donors (Lipinski definition) is 2. The van der Waals surface area contributed by atoms with Crippen molar-refractivity contribution in [1.29, 1.82) is 0 Å². The Hall–Kier alpha value is -2.11. The quantitative estimate of drug-likeness (QED) is 0.793. The van der Waals surface area contributed by atoms with Crippen molar-refractivity contribution in [2.24, 2.45) is 0 Å². The monoisotopic (exact) mass is 254 g/mol. The maximum Gasteiger partial charge on any atom is 0.328 e. The molecule has 98 valence electrons. The second-order valence-electron chi connectivity index (χ2n) is 3.70. The van der Waals surface area contributed by atoms with E-state index in [0.29, 0.717) is 0 Å². The van der Waals surface area contributed by atoms with E-state index in [1.807, 2.05) is 0 Å². The van der Waals surface area contributed by atoms with Crippen LogP contribution >= 0.6 is 0 Å². The third kappa shape index (κ3) is 4.40. The second-order valence-corrected chi connectivity index (χ2v) is 3.70. The van der Waals surface area contributed by atoms with E-state index < -0.39 is 18.0 Å². The number of carbonyl (C=O) groups is 2. The lowest BCUT2D eigenvalue weighted by molar-refractivity contribution is -0.142. The largest absolute Gasteiger partial charge is 0.467 e. The summed E-state index contributed by atoms with van der Waals surface area (Å²) in [6.45, 7) is 1.77. The number of amides is 2. The number of hydrogen-bond acceptors (Lipinski definition) is 3. The molecule has 18 heavy (non-hydrogen) atoms. The zero-order valence-electron chi connectivity index (χ0n) is 10.2. The summed E-state index contributed by atoms with van der Waals surface area (Å²) in [7, 11) is 1.25. The number of ether oxygens (including phenoxy) is 1. The van der Waals surface area contributed by atoms with E-state index >= 15 is 0 Å². The Bertz CT molecular complexity index is 420. The summed E-state index contributed by atoms with van der Waals surface area (Å²) < 4.78 is 17.1. The van der Waals surface area contributed by atoms with Gasteiger partial charge < -0.3 is 15.4 Å².